The fourth-order valence-electron chi connectivity index (χ4n) is 4.00. The third kappa shape index (κ3) is 3.72. The third-order valence-electron chi connectivity index (χ3n) is 5.55. The molecule has 1 unspecified atom stereocenters. The Balaban J connectivity index is 1.67. The maximum absolute atomic E-state index is 13.3. The Morgan fingerprint density at radius 1 is 1.06 bits per heavy atom. The van der Waals surface area contributed by atoms with E-state index in [0.29, 0.717) is 27.6 Å². The van der Waals surface area contributed by atoms with E-state index in [0.717, 1.165) is 27.0 Å². The van der Waals surface area contributed by atoms with Gasteiger partial charge in [0.2, 0.25) is 10.6 Å². The number of halogens is 1. The van der Waals surface area contributed by atoms with Crippen molar-refractivity contribution in [2.24, 2.45) is 5.73 Å². The van der Waals surface area contributed by atoms with Crippen molar-refractivity contribution in [3.63, 3.8) is 0 Å². The summed E-state index contributed by atoms with van der Waals surface area (Å²) in [6.07, 6.45) is 0. The molecular weight excluding hydrogens is 456 g/mol. The van der Waals surface area contributed by atoms with Crippen LogP contribution in [0, 0.1) is 11.3 Å². The molecule has 4 aromatic rings. The minimum atomic E-state index is -0.713. The Morgan fingerprint density at radius 2 is 1.79 bits per heavy atom. The maximum Gasteiger partial charge on any atom is 0.240 e. The molecule has 0 saturated carbocycles. The van der Waals surface area contributed by atoms with Gasteiger partial charge in [0.15, 0.2) is 0 Å². The normalized spacial score (nSPS) is 15.0. The molecule has 0 bridgehead atoms. The van der Waals surface area contributed by atoms with Crippen molar-refractivity contribution in [3.05, 3.63) is 116 Å². The minimum absolute atomic E-state index is 0.0170. The molecule has 1 aliphatic rings. The number of hydrogen-bond acceptors (Lipinski definition) is 6. The van der Waals surface area contributed by atoms with Gasteiger partial charge in [0.05, 0.1) is 11.5 Å². The van der Waals surface area contributed by atoms with Gasteiger partial charge in [-0.2, -0.15) is 5.26 Å². The highest BCUT2D eigenvalue weighted by Crippen LogP contribution is 2.46. The molecular formula is C26H17ClN2O3S. The van der Waals surface area contributed by atoms with Crippen molar-refractivity contribution in [3.8, 4) is 17.6 Å². The smallest absolute Gasteiger partial charge is 0.240 e. The summed E-state index contributed by atoms with van der Waals surface area (Å²) in [7, 11) is 0. The number of nitriles is 1. The highest BCUT2D eigenvalue weighted by molar-refractivity contribution is 7.16. The maximum atomic E-state index is 13.3. The minimum Gasteiger partial charge on any atom is -0.489 e. The predicted molar refractivity (Wildman–Crippen MR) is 130 cm³/mol. The van der Waals surface area contributed by atoms with Gasteiger partial charge in [-0.3, -0.25) is 4.79 Å². The second-order valence-corrected chi connectivity index (χ2v) is 8.89. The summed E-state index contributed by atoms with van der Waals surface area (Å²) in [5.41, 5.74) is 8.24. The Morgan fingerprint density at radius 3 is 2.61 bits per heavy atom. The highest BCUT2D eigenvalue weighted by Gasteiger charge is 2.36. The molecule has 1 aromatic heterocycles. The van der Waals surface area contributed by atoms with E-state index in [4.69, 9.17) is 26.8 Å². The summed E-state index contributed by atoms with van der Waals surface area (Å²) in [6.45, 7) is 0.235. The first-order valence-electron chi connectivity index (χ1n) is 10.2. The van der Waals surface area contributed by atoms with E-state index in [1.165, 1.54) is 0 Å². The van der Waals surface area contributed by atoms with Gasteiger partial charge in [-0.15, -0.1) is 0 Å². The van der Waals surface area contributed by atoms with E-state index in [1.54, 1.807) is 12.1 Å². The lowest BCUT2D eigenvalue weighted by molar-refractivity contribution is 0.302. The van der Waals surface area contributed by atoms with Gasteiger partial charge in [-0.05, 0) is 24.3 Å². The van der Waals surface area contributed by atoms with E-state index in [1.807, 2.05) is 60.7 Å². The number of para-hydroxylation sites is 1. The number of nitrogens with zero attached hydrogens (tertiary/aromatic N) is 1. The summed E-state index contributed by atoms with van der Waals surface area (Å²) in [6, 6.07) is 24.4. The zero-order valence-electron chi connectivity index (χ0n) is 17.2. The average Bonchev–Trinajstić information content (AvgIpc) is 2.83. The van der Waals surface area contributed by atoms with Crippen molar-refractivity contribution >= 4 is 33.0 Å². The molecule has 7 heteroatoms. The first-order chi connectivity index (χ1) is 16.1. The zero-order valence-corrected chi connectivity index (χ0v) is 18.8. The lowest BCUT2D eigenvalue weighted by atomic mass is 9.84. The molecule has 3 aromatic carbocycles. The van der Waals surface area contributed by atoms with Gasteiger partial charge in [0.25, 0.3) is 0 Å². The molecule has 5 nitrogen and oxygen atoms in total. The first-order valence-corrected chi connectivity index (χ1v) is 11.4. The van der Waals surface area contributed by atoms with Crippen LogP contribution >= 0.6 is 22.9 Å². The number of ether oxygens (including phenoxy) is 2. The molecule has 0 saturated heterocycles. The van der Waals surface area contributed by atoms with Crippen molar-refractivity contribution < 1.29 is 9.47 Å². The molecule has 0 fully saturated rings. The van der Waals surface area contributed by atoms with Crippen molar-refractivity contribution in [1.29, 1.82) is 5.26 Å². The molecule has 1 aliphatic heterocycles. The predicted octanol–water partition coefficient (Wildman–Crippen LogP) is 5.71. The second kappa shape index (κ2) is 8.62. The Hall–Kier alpha value is -3.79. The topological polar surface area (TPSA) is 85.3 Å². The van der Waals surface area contributed by atoms with Crippen LogP contribution in [0.2, 0.25) is 5.02 Å². The van der Waals surface area contributed by atoms with Crippen LogP contribution in [0.15, 0.2) is 89.0 Å². The fraction of sp³-hybridized carbons (Fsp3) is 0.0769. The van der Waals surface area contributed by atoms with E-state index < -0.39 is 5.92 Å². The van der Waals surface area contributed by atoms with E-state index >= 15 is 0 Å². The molecule has 162 valence electrons. The Kier molecular flexibility index (Phi) is 5.51. The molecule has 0 amide bonds. The molecule has 33 heavy (non-hydrogen) atoms. The van der Waals surface area contributed by atoms with Crippen LogP contribution in [0.3, 0.4) is 0 Å². The molecule has 5 rings (SSSR count). The second-order valence-electron chi connectivity index (χ2n) is 7.47. The molecule has 2 N–H and O–H groups in total. The number of benzene rings is 3. The van der Waals surface area contributed by atoms with Crippen LogP contribution < -0.4 is 19.9 Å². The highest BCUT2D eigenvalue weighted by atomic mass is 35.5. The Bertz CT molecular complexity index is 1520. The summed E-state index contributed by atoms with van der Waals surface area (Å²) < 4.78 is 12.6. The third-order valence-corrected chi connectivity index (χ3v) is 6.90. The van der Waals surface area contributed by atoms with Crippen molar-refractivity contribution in [2.45, 2.75) is 12.5 Å². The van der Waals surface area contributed by atoms with Gasteiger partial charge in [-0.1, -0.05) is 71.5 Å². The van der Waals surface area contributed by atoms with Crippen LogP contribution in [-0.2, 0) is 6.61 Å². The largest absolute Gasteiger partial charge is 0.489 e. The average molecular weight is 473 g/mol. The van der Waals surface area contributed by atoms with Crippen LogP contribution in [0.1, 0.15) is 22.6 Å². The number of rotatable bonds is 4. The number of hydrogen-bond donors (Lipinski definition) is 1. The summed E-state index contributed by atoms with van der Waals surface area (Å²) in [4.78, 5) is 13.3. The zero-order chi connectivity index (χ0) is 22.9. The molecule has 0 spiro atoms. The van der Waals surface area contributed by atoms with Gasteiger partial charge in [0, 0.05) is 26.2 Å². The van der Waals surface area contributed by atoms with E-state index in [2.05, 4.69) is 6.07 Å². The van der Waals surface area contributed by atoms with E-state index in [9.17, 15) is 10.1 Å². The number of allylic oxidation sites excluding steroid dienone is 1. The number of nitrogens with two attached hydrogens (primary N) is 1. The van der Waals surface area contributed by atoms with Gasteiger partial charge in [-0.25, -0.2) is 0 Å². The molecule has 1 atom stereocenters. The molecule has 0 aliphatic carbocycles. The fourth-order valence-corrected chi connectivity index (χ4v) is 5.13. The quantitative estimate of drug-likeness (QED) is 0.411. The van der Waals surface area contributed by atoms with Crippen LogP contribution in [-0.4, -0.2) is 0 Å². The van der Waals surface area contributed by atoms with Crippen LogP contribution in [0.5, 0.6) is 11.5 Å². The SMILES string of the molecule is N#CC1=C(N)Oc2c(c(=O)sc3ccccc23)C1c1ccccc1OCc1ccccc1Cl. The lowest BCUT2D eigenvalue weighted by Gasteiger charge is -2.27. The van der Waals surface area contributed by atoms with Crippen LogP contribution in [0.4, 0.5) is 0 Å². The van der Waals surface area contributed by atoms with Crippen molar-refractivity contribution in [1.82, 2.24) is 0 Å². The number of fused-ring (bicyclic) bond motifs is 3. The summed E-state index contributed by atoms with van der Waals surface area (Å²) >= 11 is 7.40. The summed E-state index contributed by atoms with van der Waals surface area (Å²) in [5, 5.41) is 11.3. The lowest BCUT2D eigenvalue weighted by Crippen LogP contribution is -2.26. The Labute approximate surface area is 198 Å². The van der Waals surface area contributed by atoms with Gasteiger partial charge >= 0.3 is 0 Å². The first kappa shape index (κ1) is 21.1. The van der Waals surface area contributed by atoms with Crippen molar-refractivity contribution in [2.75, 3.05) is 0 Å². The monoisotopic (exact) mass is 472 g/mol. The summed E-state index contributed by atoms with van der Waals surface area (Å²) in [5.74, 6) is 0.191. The van der Waals surface area contributed by atoms with Gasteiger partial charge in [0.1, 0.15) is 29.7 Å². The molecule has 2 heterocycles. The standard InChI is InChI=1S/C26H17ClN2O3S/c27-19-10-4-1-7-15(19)14-31-20-11-5-2-8-16(20)22-18(13-28)25(29)32-24-17-9-3-6-12-21(17)33-26(30)23(22)24/h1-12,22H,14,29H2. The van der Waals surface area contributed by atoms with Gasteiger partial charge < -0.3 is 15.2 Å². The van der Waals surface area contributed by atoms with Crippen LogP contribution in [0.25, 0.3) is 10.1 Å². The van der Waals surface area contributed by atoms with E-state index in [-0.39, 0.29) is 22.8 Å². The molecule has 0 radical (unpaired) electrons.